The summed E-state index contributed by atoms with van der Waals surface area (Å²) in [6.07, 6.45) is 0.810. The van der Waals surface area contributed by atoms with Crippen LogP contribution < -0.4 is 11.1 Å². The zero-order chi connectivity index (χ0) is 13.0. The van der Waals surface area contributed by atoms with Crippen LogP contribution in [0.1, 0.15) is 25.8 Å². The largest absolute Gasteiger partial charge is 0.322 e. The van der Waals surface area contributed by atoms with Crippen LogP contribution in [-0.2, 0) is 4.79 Å². The van der Waals surface area contributed by atoms with Crippen LogP contribution in [0.4, 0.5) is 10.1 Å². The van der Waals surface area contributed by atoms with Crippen molar-refractivity contribution >= 4 is 11.6 Å². The number of anilines is 1. The third kappa shape index (κ3) is 3.27. The molecule has 0 radical (unpaired) electrons. The monoisotopic (exact) mass is 238 g/mol. The third-order valence-electron chi connectivity index (χ3n) is 3.03. The number of para-hydroxylation sites is 1. The molecule has 3 N–H and O–H groups in total. The molecule has 0 aliphatic carbocycles. The molecule has 0 bridgehead atoms. The lowest BCUT2D eigenvalue weighted by atomic mass is 9.99. The standard InChI is InChI=1S/C13H19FN2O/c1-4-8(2)11(15)13(17)16-12-9(3)6-5-7-10(12)14/h5-8,11H,4,15H2,1-3H3,(H,16,17)/t8-,11-/m0/s1. The Morgan fingerprint density at radius 3 is 2.71 bits per heavy atom. The SMILES string of the molecule is CC[C@H](C)[C@H](N)C(=O)Nc1c(C)cccc1F. The van der Waals surface area contributed by atoms with Gasteiger partial charge >= 0.3 is 0 Å². The zero-order valence-electron chi connectivity index (χ0n) is 10.5. The Hall–Kier alpha value is -1.42. The molecule has 3 nitrogen and oxygen atoms in total. The molecule has 0 unspecified atom stereocenters. The number of carbonyl (C=O) groups excluding carboxylic acids is 1. The van der Waals surface area contributed by atoms with Crippen molar-refractivity contribution in [3.63, 3.8) is 0 Å². The maximum atomic E-state index is 13.5. The van der Waals surface area contributed by atoms with E-state index in [-0.39, 0.29) is 17.5 Å². The molecule has 1 aromatic rings. The summed E-state index contributed by atoms with van der Waals surface area (Å²) in [5.74, 6) is -0.704. The number of benzene rings is 1. The third-order valence-corrected chi connectivity index (χ3v) is 3.03. The molecule has 2 atom stereocenters. The second-order valence-electron chi connectivity index (χ2n) is 4.33. The Bertz CT molecular complexity index is 386. The van der Waals surface area contributed by atoms with E-state index in [1.807, 2.05) is 13.8 Å². The smallest absolute Gasteiger partial charge is 0.241 e. The van der Waals surface area contributed by atoms with Crippen molar-refractivity contribution in [3.8, 4) is 0 Å². The van der Waals surface area contributed by atoms with Crippen LogP contribution in [0.5, 0.6) is 0 Å². The quantitative estimate of drug-likeness (QED) is 0.846. The summed E-state index contributed by atoms with van der Waals surface area (Å²) in [7, 11) is 0. The molecule has 0 aromatic heterocycles. The highest BCUT2D eigenvalue weighted by molar-refractivity contribution is 5.95. The van der Waals surface area contributed by atoms with E-state index in [1.165, 1.54) is 6.07 Å². The van der Waals surface area contributed by atoms with Gasteiger partial charge in [0.2, 0.25) is 5.91 Å². The van der Waals surface area contributed by atoms with Gasteiger partial charge in [0.25, 0.3) is 0 Å². The number of hydrogen-bond donors (Lipinski definition) is 2. The van der Waals surface area contributed by atoms with Crippen molar-refractivity contribution in [1.29, 1.82) is 0 Å². The molecule has 0 aliphatic rings. The number of aryl methyl sites for hydroxylation is 1. The van der Waals surface area contributed by atoms with Gasteiger partial charge in [0.05, 0.1) is 11.7 Å². The van der Waals surface area contributed by atoms with Gasteiger partial charge in [-0.1, -0.05) is 32.4 Å². The molecule has 17 heavy (non-hydrogen) atoms. The van der Waals surface area contributed by atoms with Crippen molar-refractivity contribution in [3.05, 3.63) is 29.6 Å². The maximum absolute atomic E-state index is 13.5. The molecular formula is C13H19FN2O. The van der Waals surface area contributed by atoms with E-state index < -0.39 is 11.9 Å². The van der Waals surface area contributed by atoms with Crippen molar-refractivity contribution < 1.29 is 9.18 Å². The predicted molar refractivity (Wildman–Crippen MR) is 67.2 cm³/mol. The molecule has 0 heterocycles. The summed E-state index contributed by atoms with van der Waals surface area (Å²) in [4.78, 5) is 11.8. The van der Waals surface area contributed by atoms with E-state index >= 15 is 0 Å². The van der Waals surface area contributed by atoms with E-state index in [9.17, 15) is 9.18 Å². The Morgan fingerprint density at radius 1 is 1.53 bits per heavy atom. The summed E-state index contributed by atoms with van der Waals surface area (Å²) in [6.45, 7) is 5.61. The van der Waals surface area contributed by atoms with E-state index in [0.717, 1.165) is 6.42 Å². The second-order valence-corrected chi connectivity index (χ2v) is 4.33. The molecule has 1 rings (SSSR count). The maximum Gasteiger partial charge on any atom is 0.241 e. The van der Waals surface area contributed by atoms with Gasteiger partial charge in [-0.25, -0.2) is 4.39 Å². The topological polar surface area (TPSA) is 55.1 Å². The summed E-state index contributed by atoms with van der Waals surface area (Å²) in [5, 5.41) is 2.55. The van der Waals surface area contributed by atoms with Gasteiger partial charge < -0.3 is 11.1 Å². The van der Waals surface area contributed by atoms with Gasteiger partial charge in [0.1, 0.15) is 5.82 Å². The first-order chi connectivity index (χ1) is 7.97. The van der Waals surface area contributed by atoms with Crippen molar-refractivity contribution in [2.24, 2.45) is 11.7 Å². The lowest BCUT2D eigenvalue weighted by Gasteiger charge is -2.18. The Morgan fingerprint density at radius 2 is 2.18 bits per heavy atom. The molecule has 1 amide bonds. The molecule has 94 valence electrons. The van der Waals surface area contributed by atoms with Crippen LogP contribution in [0.3, 0.4) is 0 Å². The van der Waals surface area contributed by atoms with Crippen LogP contribution in [-0.4, -0.2) is 11.9 Å². The number of nitrogens with one attached hydrogen (secondary N) is 1. The fourth-order valence-corrected chi connectivity index (χ4v) is 1.51. The molecular weight excluding hydrogens is 219 g/mol. The summed E-state index contributed by atoms with van der Waals surface area (Å²) < 4.78 is 13.5. The molecule has 1 aromatic carbocycles. The van der Waals surface area contributed by atoms with Gasteiger partial charge in [0.15, 0.2) is 0 Å². The van der Waals surface area contributed by atoms with Crippen molar-refractivity contribution in [2.45, 2.75) is 33.2 Å². The Labute approximate surface area is 101 Å². The van der Waals surface area contributed by atoms with E-state index in [0.29, 0.717) is 5.56 Å². The number of nitrogens with two attached hydrogens (primary N) is 1. The van der Waals surface area contributed by atoms with Crippen LogP contribution in [0.2, 0.25) is 0 Å². The van der Waals surface area contributed by atoms with E-state index in [1.54, 1.807) is 19.1 Å². The highest BCUT2D eigenvalue weighted by atomic mass is 19.1. The number of hydrogen-bond acceptors (Lipinski definition) is 2. The minimum Gasteiger partial charge on any atom is -0.322 e. The molecule has 0 fully saturated rings. The number of rotatable bonds is 4. The van der Waals surface area contributed by atoms with Crippen molar-refractivity contribution in [1.82, 2.24) is 0 Å². The van der Waals surface area contributed by atoms with Gasteiger partial charge in [-0.2, -0.15) is 0 Å². The normalized spacial score (nSPS) is 14.2. The first kappa shape index (κ1) is 13.6. The predicted octanol–water partition coefficient (Wildman–Crippen LogP) is 2.45. The van der Waals surface area contributed by atoms with Crippen LogP contribution >= 0.6 is 0 Å². The summed E-state index contributed by atoms with van der Waals surface area (Å²) >= 11 is 0. The fourth-order valence-electron chi connectivity index (χ4n) is 1.51. The van der Waals surface area contributed by atoms with Gasteiger partial charge in [0, 0.05) is 0 Å². The first-order valence-electron chi connectivity index (χ1n) is 5.79. The zero-order valence-corrected chi connectivity index (χ0v) is 10.5. The van der Waals surface area contributed by atoms with Crippen molar-refractivity contribution in [2.75, 3.05) is 5.32 Å². The lowest BCUT2D eigenvalue weighted by Crippen LogP contribution is -2.40. The fraction of sp³-hybridized carbons (Fsp3) is 0.462. The molecule has 0 saturated heterocycles. The van der Waals surface area contributed by atoms with Crippen LogP contribution in [0, 0.1) is 18.7 Å². The number of carbonyl (C=O) groups is 1. The minimum atomic E-state index is -0.612. The average molecular weight is 238 g/mol. The minimum absolute atomic E-state index is 0.0714. The summed E-state index contributed by atoms with van der Waals surface area (Å²) in [6, 6.07) is 4.05. The highest BCUT2D eigenvalue weighted by Gasteiger charge is 2.20. The highest BCUT2D eigenvalue weighted by Crippen LogP contribution is 2.19. The molecule has 0 aliphatic heterocycles. The first-order valence-corrected chi connectivity index (χ1v) is 5.79. The second kappa shape index (κ2) is 5.77. The molecule has 0 spiro atoms. The van der Waals surface area contributed by atoms with Crippen LogP contribution in [0.15, 0.2) is 18.2 Å². The van der Waals surface area contributed by atoms with E-state index in [4.69, 9.17) is 5.73 Å². The number of halogens is 1. The average Bonchev–Trinajstić information content (AvgIpc) is 2.31. The van der Waals surface area contributed by atoms with Gasteiger partial charge in [-0.05, 0) is 24.5 Å². The lowest BCUT2D eigenvalue weighted by molar-refractivity contribution is -0.118. The Balaban J connectivity index is 2.81. The van der Waals surface area contributed by atoms with Crippen LogP contribution in [0.25, 0.3) is 0 Å². The Kier molecular flexibility index (Phi) is 4.63. The van der Waals surface area contributed by atoms with Gasteiger partial charge in [-0.15, -0.1) is 0 Å². The van der Waals surface area contributed by atoms with E-state index in [2.05, 4.69) is 5.32 Å². The van der Waals surface area contributed by atoms with Gasteiger partial charge in [-0.3, -0.25) is 4.79 Å². The number of amides is 1. The summed E-state index contributed by atoms with van der Waals surface area (Å²) in [5.41, 5.74) is 6.69. The molecule has 0 saturated carbocycles. The molecule has 4 heteroatoms.